The Labute approximate surface area is 163 Å². The molecule has 8 nitrogen and oxygen atoms in total. The summed E-state index contributed by atoms with van der Waals surface area (Å²) in [7, 11) is 1.98. The molecule has 1 saturated heterocycles. The molecule has 0 saturated carbocycles. The molecule has 1 aliphatic rings. The highest BCUT2D eigenvalue weighted by molar-refractivity contribution is 5.92. The van der Waals surface area contributed by atoms with Gasteiger partial charge >= 0.3 is 0 Å². The monoisotopic (exact) mass is 377 g/mol. The van der Waals surface area contributed by atoms with Crippen molar-refractivity contribution in [1.29, 1.82) is 0 Å². The van der Waals surface area contributed by atoms with E-state index in [9.17, 15) is 4.79 Å². The van der Waals surface area contributed by atoms with E-state index in [1.807, 2.05) is 36.6 Å². The number of imidazole rings is 1. The Hall–Kier alpha value is -3.16. The molecule has 0 aliphatic carbocycles. The average molecular weight is 377 g/mol. The summed E-state index contributed by atoms with van der Waals surface area (Å²) in [4.78, 5) is 36.8. The van der Waals surface area contributed by atoms with Crippen LogP contribution in [-0.2, 0) is 7.05 Å². The standard InChI is InChI=1S/C20H23N7O/c1-13-9-25-16(10-23-13)20(28)27-8-4-5-15(12-27)18-19(22-7-6-21-18)17-11-24-14(2)26(17)3/h6-7,9-11,15H,4-5,8,12H2,1-3H3/t15-/m0/s1. The zero-order chi connectivity index (χ0) is 19.7. The van der Waals surface area contributed by atoms with Crippen LogP contribution >= 0.6 is 0 Å². The van der Waals surface area contributed by atoms with Crippen molar-refractivity contribution >= 4 is 5.91 Å². The number of hydrogen-bond acceptors (Lipinski definition) is 6. The summed E-state index contributed by atoms with van der Waals surface area (Å²) < 4.78 is 2.02. The molecule has 0 unspecified atom stereocenters. The number of rotatable bonds is 3. The summed E-state index contributed by atoms with van der Waals surface area (Å²) in [5.74, 6) is 0.957. The molecule has 1 aliphatic heterocycles. The number of piperidine rings is 1. The van der Waals surface area contributed by atoms with Crippen molar-refractivity contribution in [2.75, 3.05) is 13.1 Å². The maximum atomic E-state index is 12.9. The van der Waals surface area contributed by atoms with Crippen molar-refractivity contribution in [3.63, 3.8) is 0 Å². The van der Waals surface area contributed by atoms with Crippen molar-refractivity contribution in [3.8, 4) is 11.4 Å². The van der Waals surface area contributed by atoms with E-state index >= 15 is 0 Å². The third-order valence-electron chi connectivity index (χ3n) is 5.28. The fraction of sp³-hybridized carbons (Fsp3) is 0.400. The van der Waals surface area contributed by atoms with Crippen molar-refractivity contribution in [2.45, 2.75) is 32.6 Å². The van der Waals surface area contributed by atoms with E-state index in [0.29, 0.717) is 18.8 Å². The van der Waals surface area contributed by atoms with E-state index < -0.39 is 0 Å². The highest BCUT2D eigenvalue weighted by Crippen LogP contribution is 2.32. The minimum absolute atomic E-state index is 0.0842. The number of likely N-dealkylation sites (tertiary alicyclic amines) is 1. The SMILES string of the molecule is Cc1cnc(C(=O)N2CCC[C@H](c3nccnc3-c3cnc(C)n3C)C2)cn1. The Morgan fingerprint density at radius 2 is 1.86 bits per heavy atom. The third kappa shape index (κ3) is 3.37. The van der Waals surface area contributed by atoms with Gasteiger partial charge in [-0.05, 0) is 26.7 Å². The van der Waals surface area contributed by atoms with Gasteiger partial charge in [-0.3, -0.25) is 19.7 Å². The van der Waals surface area contributed by atoms with Crippen LogP contribution in [0.4, 0.5) is 0 Å². The lowest BCUT2D eigenvalue weighted by Gasteiger charge is -2.32. The normalized spacial score (nSPS) is 17.0. The summed E-state index contributed by atoms with van der Waals surface area (Å²) in [6.07, 6.45) is 10.3. The Bertz CT molecular complexity index is 996. The lowest BCUT2D eigenvalue weighted by molar-refractivity contribution is 0.0699. The first-order chi connectivity index (χ1) is 13.5. The fourth-order valence-electron chi connectivity index (χ4n) is 3.62. The summed E-state index contributed by atoms with van der Waals surface area (Å²) in [6, 6.07) is 0. The molecule has 8 heteroatoms. The Morgan fingerprint density at radius 3 is 2.57 bits per heavy atom. The molecular weight excluding hydrogens is 354 g/mol. The zero-order valence-electron chi connectivity index (χ0n) is 16.3. The van der Waals surface area contributed by atoms with Gasteiger partial charge in [0.15, 0.2) is 0 Å². The maximum Gasteiger partial charge on any atom is 0.274 e. The predicted octanol–water partition coefficient (Wildman–Crippen LogP) is 2.30. The minimum Gasteiger partial charge on any atom is -0.337 e. The topological polar surface area (TPSA) is 89.7 Å². The molecule has 28 heavy (non-hydrogen) atoms. The van der Waals surface area contributed by atoms with Gasteiger partial charge in [0.25, 0.3) is 5.91 Å². The van der Waals surface area contributed by atoms with Crippen molar-refractivity contribution in [2.24, 2.45) is 7.05 Å². The molecule has 1 atom stereocenters. The fourth-order valence-corrected chi connectivity index (χ4v) is 3.62. The molecule has 0 spiro atoms. The molecule has 3 aromatic rings. The molecule has 4 rings (SSSR count). The number of hydrogen-bond donors (Lipinski definition) is 0. The van der Waals surface area contributed by atoms with Gasteiger partial charge in [-0.1, -0.05) is 0 Å². The number of aromatic nitrogens is 6. The second-order valence-electron chi connectivity index (χ2n) is 7.17. The molecule has 1 amide bonds. The summed E-state index contributed by atoms with van der Waals surface area (Å²) >= 11 is 0. The first-order valence-electron chi connectivity index (χ1n) is 9.42. The van der Waals surface area contributed by atoms with Crippen LogP contribution in [0.2, 0.25) is 0 Å². The van der Waals surface area contributed by atoms with E-state index in [1.54, 1.807) is 24.8 Å². The quantitative estimate of drug-likeness (QED) is 0.696. The Balaban J connectivity index is 1.61. The smallest absolute Gasteiger partial charge is 0.274 e. The van der Waals surface area contributed by atoms with Crippen LogP contribution in [0.25, 0.3) is 11.4 Å². The first-order valence-corrected chi connectivity index (χ1v) is 9.42. The molecule has 1 fully saturated rings. The lowest BCUT2D eigenvalue weighted by atomic mass is 9.92. The van der Waals surface area contributed by atoms with Gasteiger partial charge in [-0.25, -0.2) is 9.97 Å². The first kappa shape index (κ1) is 18.2. The van der Waals surface area contributed by atoms with Gasteiger partial charge in [0.2, 0.25) is 0 Å². The number of amides is 1. The van der Waals surface area contributed by atoms with Crippen LogP contribution in [-0.4, -0.2) is 53.4 Å². The van der Waals surface area contributed by atoms with E-state index in [0.717, 1.165) is 41.4 Å². The molecule has 0 N–H and O–H groups in total. The van der Waals surface area contributed by atoms with Gasteiger partial charge in [0.05, 0.1) is 29.5 Å². The van der Waals surface area contributed by atoms with Gasteiger partial charge in [0.1, 0.15) is 17.2 Å². The number of carbonyl (C=O) groups excluding carboxylic acids is 1. The number of aryl methyl sites for hydroxylation is 2. The highest BCUT2D eigenvalue weighted by atomic mass is 16.2. The van der Waals surface area contributed by atoms with Crippen LogP contribution in [0.1, 0.15) is 46.5 Å². The summed E-state index contributed by atoms with van der Waals surface area (Å²) in [6.45, 7) is 5.12. The predicted molar refractivity (Wildman–Crippen MR) is 104 cm³/mol. The van der Waals surface area contributed by atoms with Crippen LogP contribution in [0.3, 0.4) is 0 Å². The van der Waals surface area contributed by atoms with E-state index in [2.05, 4.69) is 24.9 Å². The molecule has 4 heterocycles. The zero-order valence-corrected chi connectivity index (χ0v) is 16.3. The van der Waals surface area contributed by atoms with Crippen LogP contribution in [0.5, 0.6) is 0 Å². The Kier molecular flexibility index (Phi) is 4.85. The molecule has 0 radical (unpaired) electrons. The van der Waals surface area contributed by atoms with E-state index in [-0.39, 0.29) is 11.8 Å². The van der Waals surface area contributed by atoms with Crippen LogP contribution < -0.4 is 0 Å². The summed E-state index contributed by atoms with van der Waals surface area (Å²) in [5, 5.41) is 0. The molecule has 3 aromatic heterocycles. The summed E-state index contributed by atoms with van der Waals surface area (Å²) in [5.41, 5.74) is 3.86. The highest BCUT2D eigenvalue weighted by Gasteiger charge is 2.29. The Morgan fingerprint density at radius 1 is 1.04 bits per heavy atom. The minimum atomic E-state index is -0.0842. The van der Waals surface area contributed by atoms with E-state index in [1.165, 1.54) is 0 Å². The second-order valence-corrected chi connectivity index (χ2v) is 7.17. The number of carbonyl (C=O) groups is 1. The molecule has 0 bridgehead atoms. The van der Waals surface area contributed by atoms with Gasteiger partial charge in [0, 0.05) is 44.6 Å². The largest absolute Gasteiger partial charge is 0.337 e. The van der Waals surface area contributed by atoms with Crippen molar-refractivity contribution < 1.29 is 4.79 Å². The van der Waals surface area contributed by atoms with Crippen LogP contribution in [0.15, 0.2) is 31.0 Å². The van der Waals surface area contributed by atoms with Gasteiger partial charge < -0.3 is 9.47 Å². The maximum absolute atomic E-state index is 12.9. The van der Waals surface area contributed by atoms with Gasteiger partial charge in [-0.2, -0.15) is 0 Å². The van der Waals surface area contributed by atoms with E-state index in [4.69, 9.17) is 0 Å². The molecule has 144 valence electrons. The van der Waals surface area contributed by atoms with Crippen LogP contribution in [0, 0.1) is 13.8 Å². The van der Waals surface area contributed by atoms with Crippen molar-refractivity contribution in [3.05, 3.63) is 53.9 Å². The molecular formula is C20H23N7O. The van der Waals surface area contributed by atoms with Gasteiger partial charge in [-0.15, -0.1) is 0 Å². The molecule has 0 aromatic carbocycles. The lowest BCUT2D eigenvalue weighted by Crippen LogP contribution is -2.40. The van der Waals surface area contributed by atoms with Crippen molar-refractivity contribution in [1.82, 2.24) is 34.4 Å². The second kappa shape index (κ2) is 7.46. The third-order valence-corrected chi connectivity index (χ3v) is 5.28. The number of nitrogens with zero attached hydrogens (tertiary/aromatic N) is 7. The average Bonchev–Trinajstić information content (AvgIpc) is 3.06.